The van der Waals surface area contributed by atoms with E-state index in [1.54, 1.807) is 6.07 Å². The molecule has 0 amide bonds. The van der Waals surface area contributed by atoms with E-state index in [0.29, 0.717) is 26.4 Å². The average Bonchev–Trinajstić information content (AvgIpc) is 2.73. The van der Waals surface area contributed by atoms with Crippen molar-refractivity contribution in [1.82, 2.24) is 0 Å². The molecule has 0 saturated carbocycles. The van der Waals surface area contributed by atoms with Gasteiger partial charge >= 0.3 is 5.97 Å². The summed E-state index contributed by atoms with van der Waals surface area (Å²) in [6, 6.07) is 1.72. The van der Waals surface area contributed by atoms with Gasteiger partial charge in [-0.05, 0) is 28.7 Å². The van der Waals surface area contributed by atoms with E-state index in [0.717, 1.165) is 0 Å². The van der Waals surface area contributed by atoms with Gasteiger partial charge in [-0.2, -0.15) is 0 Å². The Morgan fingerprint density at radius 2 is 2.19 bits per heavy atom. The molecule has 1 aromatic rings. The van der Waals surface area contributed by atoms with Crippen molar-refractivity contribution in [2.24, 2.45) is 0 Å². The van der Waals surface area contributed by atoms with Crippen LogP contribution in [0.1, 0.15) is 10.4 Å². The molecular weight excluding hydrogens is 327 g/mol. The molecule has 0 fully saturated rings. The lowest BCUT2D eigenvalue weighted by Crippen LogP contribution is -2.07. The lowest BCUT2D eigenvalue weighted by molar-refractivity contribution is 0.0595. The molecule has 0 unspecified atom stereocenters. The van der Waals surface area contributed by atoms with Gasteiger partial charge < -0.3 is 18.9 Å². The molecule has 1 heterocycles. The highest BCUT2D eigenvalue weighted by Crippen LogP contribution is 2.45. The van der Waals surface area contributed by atoms with E-state index in [9.17, 15) is 4.79 Å². The third-order valence-corrected chi connectivity index (χ3v) is 3.02. The standard InChI is InChI=1S/C10H9IO5/c1-13-9-7(10(12)14-2)5(11)3-6-8(9)16-4-15-6/h3H,4H2,1-2H3. The van der Waals surface area contributed by atoms with E-state index in [4.69, 9.17) is 18.9 Å². The van der Waals surface area contributed by atoms with Crippen LogP contribution in [0.4, 0.5) is 0 Å². The largest absolute Gasteiger partial charge is 0.492 e. The maximum Gasteiger partial charge on any atom is 0.342 e. The number of methoxy groups -OCH3 is 2. The van der Waals surface area contributed by atoms with E-state index in [1.165, 1.54) is 14.2 Å². The van der Waals surface area contributed by atoms with Crippen molar-refractivity contribution >= 4 is 28.6 Å². The average molecular weight is 336 g/mol. The molecule has 86 valence electrons. The van der Waals surface area contributed by atoms with Crippen LogP contribution in [0.5, 0.6) is 17.2 Å². The third-order valence-electron chi connectivity index (χ3n) is 2.17. The molecule has 0 atom stereocenters. The summed E-state index contributed by atoms with van der Waals surface area (Å²) in [4.78, 5) is 11.6. The van der Waals surface area contributed by atoms with E-state index < -0.39 is 5.97 Å². The first kappa shape index (κ1) is 11.3. The van der Waals surface area contributed by atoms with Crippen molar-refractivity contribution in [2.75, 3.05) is 21.0 Å². The summed E-state index contributed by atoms with van der Waals surface area (Å²) in [5.74, 6) is 0.919. The monoisotopic (exact) mass is 336 g/mol. The van der Waals surface area contributed by atoms with Crippen LogP contribution in [0.25, 0.3) is 0 Å². The second-order valence-corrected chi connectivity index (χ2v) is 4.15. The fraction of sp³-hybridized carbons (Fsp3) is 0.300. The Labute approximate surface area is 106 Å². The van der Waals surface area contributed by atoms with Gasteiger partial charge in [-0.1, -0.05) is 0 Å². The van der Waals surface area contributed by atoms with Crippen molar-refractivity contribution < 1.29 is 23.7 Å². The smallest absolute Gasteiger partial charge is 0.342 e. The van der Waals surface area contributed by atoms with E-state index in [-0.39, 0.29) is 6.79 Å². The number of esters is 1. The van der Waals surface area contributed by atoms with Gasteiger partial charge in [0.2, 0.25) is 12.5 Å². The maximum atomic E-state index is 11.6. The number of benzene rings is 1. The van der Waals surface area contributed by atoms with E-state index in [1.807, 2.05) is 22.6 Å². The van der Waals surface area contributed by atoms with E-state index in [2.05, 4.69) is 0 Å². The summed E-state index contributed by atoms with van der Waals surface area (Å²) in [7, 11) is 2.79. The second kappa shape index (κ2) is 4.36. The maximum absolute atomic E-state index is 11.6. The molecule has 1 aromatic carbocycles. The summed E-state index contributed by atoms with van der Waals surface area (Å²) in [6.07, 6.45) is 0. The van der Waals surface area contributed by atoms with Gasteiger partial charge in [-0.15, -0.1) is 0 Å². The van der Waals surface area contributed by atoms with Crippen molar-refractivity contribution in [2.45, 2.75) is 0 Å². The normalized spacial score (nSPS) is 12.4. The van der Waals surface area contributed by atoms with Gasteiger partial charge in [0, 0.05) is 3.57 Å². The number of carbonyl (C=O) groups is 1. The van der Waals surface area contributed by atoms with Crippen molar-refractivity contribution in [1.29, 1.82) is 0 Å². The summed E-state index contributed by atoms with van der Waals surface area (Å²) in [6.45, 7) is 0.131. The summed E-state index contributed by atoms with van der Waals surface area (Å²) < 4.78 is 21.1. The van der Waals surface area contributed by atoms with Gasteiger partial charge in [0.15, 0.2) is 11.5 Å². The van der Waals surface area contributed by atoms with Crippen molar-refractivity contribution in [3.8, 4) is 17.2 Å². The van der Waals surface area contributed by atoms with Crippen molar-refractivity contribution in [3.05, 3.63) is 15.2 Å². The zero-order chi connectivity index (χ0) is 11.7. The molecule has 0 bridgehead atoms. The lowest BCUT2D eigenvalue weighted by Gasteiger charge is -2.11. The molecule has 0 aliphatic carbocycles. The first-order valence-corrected chi connectivity index (χ1v) is 5.51. The first-order valence-electron chi connectivity index (χ1n) is 4.43. The van der Waals surface area contributed by atoms with Crippen LogP contribution in [-0.2, 0) is 4.74 Å². The highest BCUT2D eigenvalue weighted by atomic mass is 127. The van der Waals surface area contributed by atoms with Crippen LogP contribution in [0.2, 0.25) is 0 Å². The zero-order valence-electron chi connectivity index (χ0n) is 8.70. The van der Waals surface area contributed by atoms with Crippen LogP contribution in [-0.4, -0.2) is 27.0 Å². The summed E-state index contributed by atoms with van der Waals surface area (Å²) >= 11 is 2.02. The molecule has 0 radical (unpaired) electrons. The second-order valence-electron chi connectivity index (χ2n) is 2.99. The van der Waals surface area contributed by atoms with Crippen LogP contribution >= 0.6 is 22.6 Å². The first-order chi connectivity index (χ1) is 7.69. The van der Waals surface area contributed by atoms with Gasteiger partial charge in [-0.3, -0.25) is 0 Å². The molecule has 0 spiro atoms. The van der Waals surface area contributed by atoms with Crippen LogP contribution < -0.4 is 14.2 Å². The molecule has 2 rings (SSSR count). The Morgan fingerprint density at radius 1 is 1.44 bits per heavy atom. The van der Waals surface area contributed by atoms with Gasteiger partial charge in [0.25, 0.3) is 0 Å². The number of halogens is 1. The third kappa shape index (κ3) is 1.66. The Hall–Kier alpha value is -1.18. The molecule has 6 heteroatoms. The molecule has 0 N–H and O–H groups in total. The number of rotatable bonds is 2. The predicted molar refractivity (Wildman–Crippen MR) is 63.2 cm³/mol. The number of fused-ring (bicyclic) bond motifs is 1. The van der Waals surface area contributed by atoms with Gasteiger partial charge in [-0.25, -0.2) is 4.79 Å². The Morgan fingerprint density at radius 3 is 2.81 bits per heavy atom. The minimum Gasteiger partial charge on any atom is -0.492 e. The fourth-order valence-electron chi connectivity index (χ4n) is 1.47. The number of carbonyl (C=O) groups excluding carboxylic acids is 1. The quantitative estimate of drug-likeness (QED) is 0.609. The zero-order valence-corrected chi connectivity index (χ0v) is 10.9. The molecule has 5 nitrogen and oxygen atoms in total. The highest BCUT2D eigenvalue weighted by molar-refractivity contribution is 14.1. The Bertz CT molecular complexity index is 443. The van der Waals surface area contributed by atoms with Gasteiger partial charge in [0.05, 0.1) is 14.2 Å². The predicted octanol–water partition coefficient (Wildman–Crippen LogP) is 1.82. The van der Waals surface area contributed by atoms with Crippen LogP contribution in [0.15, 0.2) is 6.07 Å². The molecule has 0 aromatic heterocycles. The molecule has 16 heavy (non-hydrogen) atoms. The minimum absolute atomic E-state index is 0.131. The Balaban J connectivity index is 2.64. The van der Waals surface area contributed by atoms with Gasteiger partial charge in [0.1, 0.15) is 5.56 Å². The Kier molecular flexibility index (Phi) is 3.08. The number of hydrogen-bond acceptors (Lipinski definition) is 5. The molecule has 1 aliphatic heterocycles. The summed E-state index contributed by atoms with van der Waals surface area (Å²) in [5.41, 5.74) is 0.356. The summed E-state index contributed by atoms with van der Waals surface area (Å²) in [5, 5.41) is 0. The lowest BCUT2D eigenvalue weighted by atomic mass is 10.1. The fourth-order valence-corrected chi connectivity index (χ4v) is 2.22. The highest BCUT2D eigenvalue weighted by Gasteiger charge is 2.28. The SMILES string of the molecule is COC(=O)c1c(I)cc2c(c1OC)OCO2. The molecule has 0 saturated heterocycles. The molecular formula is C10H9IO5. The van der Waals surface area contributed by atoms with E-state index >= 15 is 0 Å². The molecule has 1 aliphatic rings. The minimum atomic E-state index is -0.459. The number of hydrogen-bond donors (Lipinski definition) is 0. The topological polar surface area (TPSA) is 54.0 Å². The van der Waals surface area contributed by atoms with Crippen LogP contribution in [0, 0.1) is 3.57 Å². The van der Waals surface area contributed by atoms with Crippen molar-refractivity contribution in [3.63, 3.8) is 0 Å². The van der Waals surface area contributed by atoms with Crippen LogP contribution in [0.3, 0.4) is 0 Å². The number of ether oxygens (including phenoxy) is 4.